The van der Waals surface area contributed by atoms with Crippen LogP contribution in [0.5, 0.6) is 0 Å². The van der Waals surface area contributed by atoms with Crippen LogP contribution >= 0.6 is 0 Å². The standard InChI is InChI=1S/C17H16F3N5O4S/c18-17(19,20)12-9-11(1-2-13(12)23-30(28)29)15(26)24-5-7-25(8-6-24)16(27)14-10-21-3-4-22-14/h1-4,9-10,23H,5-8H2,(H,28,29)/p-1. The van der Waals surface area contributed by atoms with E-state index in [9.17, 15) is 31.5 Å². The summed E-state index contributed by atoms with van der Waals surface area (Å²) in [6.45, 7) is 0.609. The van der Waals surface area contributed by atoms with Gasteiger partial charge in [-0.05, 0) is 18.2 Å². The van der Waals surface area contributed by atoms with Gasteiger partial charge in [0.2, 0.25) is 0 Å². The number of alkyl halides is 3. The summed E-state index contributed by atoms with van der Waals surface area (Å²) in [6, 6.07) is 2.61. The van der Waals surface area contributed by atoms with E-state index in [1.165, 1.54) is 28.4 Å². The van der Waals surface area contributed by atoms with Crippen LogP contribution in [0.25, 0.3) is 0 Å². The van der Waals surface area contributed by atoms with E-state index in [0.29, 0.717) is 6.07 Å². The molecule has 2 aromatic rings. The minimum Gasteiger partial charge on any atom is -0.755 e. The van der Waals surface area contributed by atoms with Crippen LogP contribution in [0.4, 0.5) is 18.9 Å². The lowest BCUT2D eigenvalue weighted by Gasteiger charge is -2.34. The zero-order valence-corrected chi connectivity index (χ0v) is 16.1. The van der Waals surface area contributed by atoms with E-state index in [0.717, 1.165) is 12.1 Å². The molecule has 0 bridgehead atoms. The lowest BCUT2D eigenvalue weighted by Crippen LogP contribution is -2.50. The third-order valence-electron chi connectivity index (χ3n) is 4.40. The Morgan fingerprint density at radius 3 is 2.23 bits per heavy atom. The molecular formula is C17H15F3N5O4S-. The maximum Gasteiger partial charge on any atom is 0.418 e. The molecule has 160 valence electrons. The van der Waals surface area contributed by atoms with Crippen molar-refractivity contribution >= 4 is 28.8 Å². The summed E-state index contributed by atoms with van der Waals surface area (Å²) in [4.78, 5) is 35.6. The Kier molecular flexibility index (Phi) is 6.31. The van der Waals surface area contributed by atoms with Crippen LogP contribution in [-0.2, 0) is 17.4 Å². The predicted molar refractivity (Wildman–Crippen MR) is 97.8 cm³/mol. The van der Waals surface area contributed by atoms with Crippen molar-refractivity contribution < 1.29 is 31.5 Å². The zero-order chi connectivity index (χ0) is 21.9. The first-order valence-corrected chi connectivity index (χ1v) is 9.66. The third kappa shape index (κ3) is 4.91. The average Bonchev–Trinajstić information content (AvgIpc) is 2.72. The van der Waals surface area contributed by atoms with Gasteiger partial charge in [0, 0.05) is 55.4 Å². The lowest BCUT2D eigenvalue weighted by atomic mass is 10.1. The first-order chi connectivity index (χ1) is 14.2. The van der Waals surface area contributed by atoms with E-state index in [2.05, 4.69) is 9.97 Å². The molecule has 2 heterocycles. The van der Waals surface area contributed by atoms with Crippen molar-refractivity contribution in [3.8, 4) is 0 Å². The van der Waals surface area contributed by atoms with E-state index in [1.54, 1.807) is 4.72 Å². The number of hydrogen-bond donors (Lipinski definition) is 1. The van der Waals surface area contributed by atoms with E-state index in [-0.39, 0.29) is 43.3 Å². The first kappa shape index (κ1) is 21.6. The van der Waals surface area contributed by atoms with E-state index in [1.807, 2.05) is 0 Å². The summed E-state index contributed by atoms with van der Waals surface area (Å²) in [5.41, 5.74) is -2.02. The summed E-state index contributed by atoms with van der Waals surface area (Å²) in [5.74, 6) is -1.00. The lowest BCUT2D eigenvalue weighted by molar-refractivity contribution is -0.136. The Bertz CT molecular complexity index is 966. The van der Waals surface area contributed by atoms with Gasteiger partial charge in [-0.25, -0.2) is 4.98 Å². The van der Waals surface area contributed by atoms with E-state index < -0.39 is 34.6 Å². The van der Waals surface area contributed by atoms with E-state index in [4.69, 9.17) is 0 Å². The Labute approximate surface area is 171 Å². The molecule has 1 aliphatic heterocycles. The van der Waals surface area contributed by atoms with Crippen molar-refractivity contribution in [1.29, 1.82) is 0 Å². The van der Waals surface area contributed by atoms with Crippen LogP contribution in [0.2, 0.25) is 0 Å². The van der Waals surface area contributed by atoms with Crippen LogP contribution in [0.15, 0.2) is 36.8 Å². The topological polar surface area (TPSA) is 119 Å². The monoisotopic (exact) mass is 442 g/mol. The summed E-state index contributed by atoms with van der Waals surface area (Å²) >= 11 is -2.95. The molecule has 0 spiro atoms. The first-order valence-electron chi connectivity index (χ1n) is 8.58. The summed E-state index contributed by atoms with van der Waals surface area (Å²) < 4.78 is 62.9. The molecular weight excluding hydrogens is 427 g/mol. The molecule has 0 radical (unpaired) electrons. The molecule has 9 nitrogen and oxygen atoms in total. The van der Waals surface area contributed by atoms with Gasteiger partial charge in [-0.3, -0.25) is 18.8 Å². The average molecular weight is 442 g/mol. The van der Waals surface area contributed by atoms with Gasteiger partial charge in [0.15, 0.2) is 0 Å². The molecule has 0 saturated carbocycles. The Hall–Kier alpha value is -3.06. The second-order valence-corrected chi connectivity index (χ2v) is 6.94. The molecule has 1 aromatic carbocycles. The highest BCUT2D eigenvalue weighted by molar-refractivity contribution is 7.80. The van der Waals surface area contributed by atoms with Crippen LogP contribution < -0.4 is 4.72 Å². The maximum absolute atomic E-state index is 13.3. The van der Waals surface area contributed by atoms with Crippen LogP contribution in [-0.4, -0.2) is 66.5 Å². The number of aromatic nitrogens is 2. The number of benzene rings is 1. The molecule has 2 amide bonds. The maximum atomic E-state index is 13.3. The van der Waals surface area contributed by atoms with Crippen molar-refractivity contribution in [2.75, 3.05) is 30.9 Å². The number of piperazine rings is 1. The number of anilines is 1. The molecule has 1 saturated heterocycles. The fraction of sp³-hybridized carbons (Fsp3) is 0.294. The van der Waals surface area contributed by atoms with E-state index >= 15 is 0 Å². The quantitative estimate of drug-likeness (QED) is 0.713. The van der Waals surface area contributed by atoms with Crippen molar-refractivity contribution in [3.63, 3.8) is 0 Å². The summed E-state index contributed by atoms with van der Waals surface area (Å²) in [6.07, 6.45) is -0.729. The molecule has 3 rings (SSSR count). The van der Waals surface area contributed by atoms with Crippen molar-refractivity contribution in [3.05, 3.63) is 53.6 Å². The number of hydrogen-bond acceptors (Lipinski definition) is 6. The number of amides is 2. The molecule has 30 heavy (non-hydrogen) atoms. The summed E-state index contributed by atoms with van der Waals surface area (Å²) in [5, 5.41) is 0. The Morgan fingerprint density at radius 1 is 1.07 bits per heavy atom. The highest BCUT2D eigenvalue weighted by Crippen LogP contribution is 2.36. The van der Waals surface area contributed by atoms with Gasteiger partial charge in [-0.2, -0.15) is 13.2 Å². The largest absolute Gasteiger partial charge is 0.755 e. The van der Waals surface area contributed by atoms with Gasteiger partial charge in [-0.15, -0.1) is 0 Å². The number of rotatable bonds is 4. The number of carbonyl (C=O) groups excluding carboxylic acids is 2. The number of carbonyl (C=O) groups is 2. The van der Waals surface area contributed by atoms with Gasteiger partial charge in [-0.1, -0.05) is 0 Å². The van der Waals surface area contributed by atoms with Gasteiger partial charge >= 0.3 is 6.18 Å². The molecule has 1 atom stereocenters. The molecule has 1 N–H and O–H groups in total. The number of nitrogens with one attached hydrogen (secondary N) is 1. The fourth-order valence-electron chi connectivity index (χ4n) is 2.96. The second kappa shape index (κ2) is 8.75. The normalized spacial score (nSPS) is 15.6. The molecule has 1 aliphatic rings. The highest BCUT2D eigenvalue weighted by Gasteiger charge is 2.35. The second-order valence-electron chi connectivity index (χ2n) is 6.27. The van der Waals surface area contributed by atoms with Gasteiger partial charge in [0.05, 0.1) is 17.4 Å². The zero-order valence-electron chi connectivity index (χ0n) is 15.3. The van der Waals surface area contributed by atoms with Gasteiger partial charge in [0.25, 0.3) is 11.8 Å². The summed E-state index contributed by atoms with van der Waals surface area (Å²) in [7, 11) is 0. The minimum atomic E-state index is -4.86. The van der Waals surface area contributed by atoms with Crippen molar-refractivity contribution in [1.82, 2.24) is 19.8 Å². The number of halogens is 3. The molecule has 13 heteroatoms. The van der Waals surface area contributed by atoms with Gasteiger partial charge < -0.3 is 19.1 Å². The van der Waals surface area contributed by atoms with Crippen LogP contribution in [0.1, 0.15) is 26.4 Å². The molecule has 0 aliphatic carbocycles. The van der Waals surface area contributed by atoms with Crippen LogP contribution in [0, 0.1) is 0 Å². The van der Waals surface area contributed by atoms with Crippen molar-refractivity contribution in [2.24, 2.45) is 0 Å². The molecule has 1 unspecified atom stereocenters. The predicted octanol–water partition coefficient (Wildman–Crippen LogP) is 1.30. The molecule has 1 aromatic heterocycles. The Balaban J connectivity index is 1.72. The third-order valence-corrected chi connectivity index (χ3v) is 4.79. The van der Waals surface area contributed by atoms with Crippen LogP contribution in [0.3, 0.4) is 0 Å². The fourth-order valence-corrected chi connectivity index (χ4v) is 3.31. The smallest absolute Gasteiger partial charge is 0.418 e. The number of nitrogens with zero attached hydrogens (tertiary/aromatic N) is 4. The Morgan fingerprint density at radius 2 is 1.70 bits per heavy atom. The van der Waals surface area contributed by atoms with Crippen molar-refractivity contribution in [2.45, 2.75) is 6.18 Å². The molecule has 1 fully saturated rings. The SMILES string of the molecule is O=C(c1ccc(NS(=O)[O-])c(C(F)(F)F)c1)N1CCN(C(=O)c2cnccn2)CC1. The minimum absolute atomic E-state index is 0.122. The van der Waals surface area contributed by atoms with Gasteiger partial charge in [0.1, 0.15) is 5.69 Å². The highest BCUT2D eigenvalue weighted by atomic mass is 32.2.